The van der Waals surface area contributed by atoms with Gasteiger partial charge >= 0.3 is 0 Å². The van der Waals surface area contributed by atoms with Crippen LogP contribution in [0.2, 0.25) is 5.15 Å². The number of carbonyl (C=O) groups is 1. The maximum absolute atomic E-state index is 13.4. The molecular weight excluding hydrogens is 408 g/mol. The molecule has 0 unspecified atom stereocenters. The fourth-order valence-corrected chi connectivity index (χ4v) is 3.91. The molecule has 2 N–H and O–H groups in total. The lowest BCUT2D eigenvalue weighted by molar-refractivity contribution is 0.0440. The number of H-pyrrole nitrogens is 1. The lowest BCUT2D eigenvalue weighted by Gasteiger charge is -2.33. The maximum atomic E-state index is 13.4. The molecule has 1 aliphatic heterocycles. The molecule has 1 amide bonds. The molecule has 0 aliphatic carbocycles. The highest BCUT2D eigenvalue weighted by Gasteiger charge is 2.39. The van der Waals surface area contributed by atoms with Crippen LogP contribution in [0.15, 0.2) is 41.2 Å². The van der Waals surface area contributed by atoms with E-state index in [1.54, 1.807) is 15.7 Å². The van der Waals surface area contributed by atoms with E-state index in [0.717, 1.165) is 16.9 Å². The molecule has 154 valence electrons. The first-order chi connectivity index (χ1) is 14.3. The Morgan fingerprint density at radius 2 is 2.23 bits per heavy atom. The monoisotopic (exact) mass is 426 g/mol. The van der Waals surface area contributed by atoms with Gasteiger partial charge in [-0.05, 0) is 32.0 Å². The number of amides is 1. The van der Waals surface area contributed by atoms with Crippen molar-refractivity contribution < 1.29 is 14.3 Å². The average Bonchev–Trinajstić information content (AvgIpc) is 3.43. The normalized spacial score (nSPS) is 16.8. The van der Waals surface area contributed by atoms with Crippen LogP contribution in [0.25, 0.3) is 5.52 Å². The van der Waals surface area contributed by atoms with Gasteiger partial charge in [0, 0.05) is 24.9 Å². The molecule has 0 bridgehead atoms. The number of carbonyl (C=O) groups excluding carboxylic acids is 1. The van der Waals surface area contributed by atoms with Crippen molar-refractivity contribution in [1.82, 2.24) is 29.5 Å². The minimum atomic E-state index is -1.36. The predicted molar refractivity (Wildman–Crippen MR) is 107 cm³/mol. The summed E-state index contributed by atoms with van der Waals surface area (Å²) in [5.41, 5.74) is 1.92. The Balaban J connectivity index is 1.60. The topological polar surface area (TPSA) is 113 Å². The lowest BCUT2D eigenvalue weighted by Crippen LogP contribution is -2.41. The molecule has 30 heavy (non-hydrogen) atoms. The van der Waals surface area contributed by atoms with Gasteiger partial charge in [-0.1, -0.05) is 17.7 Å². The number of hydrogen-bond acceptors (Lipinski definition) is 6. The SMILES string of the molecule is CC(C)(O)c1nc(Cl)c(C(=O)N2CCc3[nH]cnc3[C@@H]2c2cc3ccccn3n2)o1. The summed E-state index contributed by atoms with van der Waals surface area (Å²) in [7, 11) is 0. The molecule has 0 spiro atoms. The van der Waals surface area contributed by atoms with Crippen molar-refractivity contribution in [1.29, 1.82) is 0 Å². The maximum Gasteiger partial charge on any atom is 0.293 e. The molecule has 0 radical (unpaired) electrons. The highest BCUT2D eigenvalue weighted by atomic mass is 35.5. The van der Waals surface area contributed by atoms with Crippen molar-refractivity contribution >= 4 is 23.0 Å². The predicted octanol–water partition coefficient (Wildman–Crippen LogP) is 2.71. The molecule has 5 rings (SSSR count). The van der Waals surface area contributed by atoms with Crippen molar-refractivity contribution in [3.8, 4) is 0 Å². The van der Waals surface area contributed by atoms with Gasteiger partial charge in [0.15, 0.2) is 5.15 Å². The van der Waals surface area contributed by atoms with E-state index in [0.29, 0.717) is 18.7 Å². The molecule has 1 aliphatic rings. The van der Waals surface area contributed by atoms with Crippen LogP contribution in [0.4, 0.5) is 0 Å². The average molecular weight is 427 g/mol. The lowest BCUT2D eigenvalue weighted by atomic mass is 9.99. The second kappa shape index (κ2) is 6.68. The van der Waals surface area contributed by atoms with E-state index in [-0.39, 0.29) is 16.8 Å². The minimum Gasteiger partial charge on any atom is -0.431 e. The largest absolute Gasteiger partial charge is 0.431 e. The number of aromatic amines is 1. The van der Waals surface area contributed by atoms with E-state index < -0.39 is 17.6 Å². The Bertz CT molecular complexity index is 1220. The van der Waals surface area contributed by atoms with Crippen LogP contribution in [0.1, 0.15) is 53.4 Å². The second-order valence-corrected chi connectivity index (χ2v) is 8.11. The second-order valence-electron chi connectivity index (χ2n) is 7.75. The molecule has 1 atom stereocenters. The van der Waals surface area contributed by atoms with Crippen LogP contribution < -0.4 is 0 Å². The number of imidazole rings is 1. The minimum absolute atomic E-state index is 0.0161. The van der Waals surface area contributed by atoms with Crippen LogP contribution in [-0.2, 0) is 12.0 Å². The molecule has 9 nitrogen and oxygen atoms in total. The number of nitrogens with one attached hydrogen (secondary N) is 1. The van der Waals surface area contributed by atoms with E-state index in [9.17, 15) is 9.90 Å². The highest BCUT2D eigenvalue weighted by molar-refractivity contribution is 6.32. The van der Waals surface area contributed by atoms with Gasteiger partial charge in [-0.2, -0.15) is 10.1 Å². The van der Waals surface area contributed by atoms with Crippen molar-refractivity contribution in [2.75, 3.05) is 6.54 Å². The summed E-state index contributed by atoms with van der Waals surface area (Å²) in [5.74, 6) is -0.558. The van der Waals surface area contributed by atoms with E-state index in [1.807, 2.05) is 30.5 Å². The van der Waals surface area contributed by atoms with Crippen molar-refractivity contribution in [3.05, 3.63) is 70.7 Å². The highest BCUT2D eigenvalue weighted by Crippen LogP contribution is 2.35. The quantitative estimate of drug-likeness (QED) is 0.520. The number of hydrogen-bond donors (Lipinski definition) is 2. The number of halogens is 1. The summed E-state index contributed by atoms with van der Waals surface area (Å²) in [6.45, 7) is 3.45. The zero-order chi connectivity index (χ0) is 21.0. The number of rotatable bonds is 3. The Morgan fingerprint density at radius 3 is 2.97 bits per heavy atom. The number of pyridine rings is 1. The van der Waals surface area contributed by atoms with E-state index in [2.05, 4.69) is 20.1 Å². The third-order valence-electron chi connectivity index (χ3n) is 5.16. The van der Waals surface area contributed by atoms with Crippen molar-refractivity contribution in [2.24, 2.45) is 0 Å². The number of aromatic nitrogens is 5. The fourth-order valence-electron chi connectivity index (χ4n) is 3.71. The first-order valence-corrected chi connectivity index (χ1v) is 9.87. The van der Waals surface area contributed by atoms with Gasteiger partial charge < -0.3 is 19.4 Å². The van der Waals surface area contributed by atoms with E-state index >= 15 is 0 Å². The summed E-state index contributed by atoms with van der Waals surface area (Å²) in [5, 5.41) is 14.7. The summed E-state index contributed by atoms with van der Waals surface area (Å²) < 4.78 is 7.33. The Hall–Kier alpha value is -3.17. The smallest absolute Gasteiger partial charge is 0.293 e. The first kappa shape index (κ1) is 18.8. The standard InChI is InChI=1S/C20H19ClN6O3/c1-20(2,29)19-24-17(21)16(30-19)18(28)26-8-6-12-14(23-10-22-12)15(26)13-9-11-5-3-4-7-27(11)25-13/h3-5,7,9-10,15,29H,6,8H2,1-2H3,(H,22,23)/t15-/m0/s1. The van der Waals surface area contributed by atoms with Gasteiger partial charge in [-0.3, -0.25) is 4.79 Å². The Labute approximate surface area is 176 Å². The summed E-state index contributed by atoms with van der Waals surface area (Å²) in [6.07, 6.45) is 4.08. The van der Waals surface area contributed by atoms with Gasteiger partial charge in [0.05, 0.1) is 23.2 Å². The van der Waals surface area contributed by atoms with E-state index in [4.69, 9.17) is 16.0 Å². The Morgan fingerprint density at radius 1 is 1.40 bits per heavy atom. The zero-order valence-electron chi connectivity index (χ0n) is 16.3. The van der Waals surface area contributed by atoms with Crippen molar-refractivity contribution in [2.45, 2.75) is 31.9 Å². The molecule has 0 saturated heterocycles. The number of fused-ring (bicyclic) bond motifs is 2. The first-order valence-electron chi connectivity index (χ1n) is 9.49. The zero-order valence-corrected chi connectivity index (χ0v) is 17.1. The van der Waals surface area contributed by atoms with Crippen LogP contribution >= 0.6 is 11.6 Å². The number of nitrogens with zero attached hydrogens (tertiary/aromatic N) is 5. The summed E-state index contributed by atoms with van der Waals surface area (Å²) in [6, 6.07) is 7.18. The molecule has 0 aromatic carbocycles. The van der Waals surface area contributed by atoms with Crippen LogP contribution in [-0.4, -0.2) is 47.0 Å². The number of oxazole rings is 1. The molecule has 5 heterocycles. The van der Waals surface area contributed by atoms with Crippen LogP contribution in [0, 0.1) is 0 Å². The van der Waals surface area contributed by atoms with Crippen LogP contribution in [0.3, 0.4) is 0 Å². The van der Waals surface area contributed by atoms with Gasteiger partial charge in [-0.15, -0.1) is 0 Å². The van der Waals surface area contributed by atoms with Gasteiger partial charge in [-0.25, -0.2) is 9.50 Å². The third-order valence-corrected chi connectivity index (χ3v) is 5.41. The third kappa shape index (κ3) is 2.98. The van der Waals surface area contributed by atoms with Gasteiger partial charge in [0.25, 0.3) is 5.91 Å². The Kier molecular flexibility index (Phi) is 4.19. The molecule has 4 aromatic heterocycles. The number of aliphatic hydroxyl groups is 1. The molecule has 10 heteroatoms. The molecule has 0 saturated carbocycles. The molecule has 0 fully saturated rings. The van der Waals surface area contributed by atoms with Gasteiger partial charge in [0.2, 0.25) is 11.7 Å². The summed E-state index contributed by atoms with van der Waals surface area (Å²) >= 11 is 6.20. The fraction of sp³-hybridized carbons (Fsp3) is 0.300. The molecular formula is C20H19ClN6O3. The van der Waals surface area contributed by atoms with E-state index in [1.165, 1.54) is 13.8 Å². The molecule has 4 aromatic rings. The van der Waals surface area contributed by atoms with Gasteiger partial charge in [0.1, 0.15) is 11.6 Å². The summed E-state index contributed by atoms with van der Waals surface area (Å²) in [4.78, 5) is 26.7. The van der Waals surface area contributed by atoms with Crippen molar-refractivity contribution in [3.63, 3.8) is 0 Å². The van der Waals surface area contributed by atoms with Crippen LogP contribution in [0.5, 0.6) is 0 Å².